The van der Waals surface area contributed by atoms with Crippen molar-refractivity contribution in [2.45, 2.75) is 70.9 Å². The molecule has 0 heterocycles. The Balaban J connectivity index is 1.92. The Hall–Kier alpha value is -1.02. The SMILES string of the molecule is CCC(N)Cc1ccc(N(C)C2CCC(CC)CC2)cc1. The number of benzene rings is 1. The fraction of sp³-hybridized carbons (Fsp3) is 0.684. The summed E-state index contributed by atoms with van der Waals surface area (Å²) in [6.07, 6.45) is 8.87. The smallest absolute Gasteiger partial charge is 0.0366 e. The molecule has 0 radical (unpaired) electrons. The number of anilines is 1. The van der Waals surface area contributed by atoms with Crippen molar-refractivity contribution in [1.29, 1.82) is 0 Å². The monoisotopic (exact) mass is 288 g/mol. The quantitative estimate of drug-likeness (QED) is 0.842. The van der Waals surface area contributed by atoms with Gasteiger partial charge >= 0.3 is 0 Å². The average Bonchev–Trinajstić information content (AvgIpc) is 2.55. The Bertz CT molecular complexity index is 404. The van der Waals surface area contributed by atoms with Crippen LogP contribution in [0.2, 0.25) is 0 Å². The maximum atomic E-state index is 6.04. The summed E-state index contributed by atoms with van der Waals surface area (Å²) < 4.78 is 0. The molecule has 1 saturated carbocycles. The van der Waals surface area contributed by atoms with Crippen molar-refractivity contribution in [2.24, 2.45) is 11.7 Å². The Labute approximate surface area is 130 Å². The zero-order valence-electron chi connectivity index (χ0n) is 14.0. The lowest BCUT2D eigenvalue weighted by Gasteiger charge is -2.36. The van der Waals surface area contributed by atoms with E-state index in [-0.39, 0.29) is 6.04 Å². The molecule has 1 unspecified atom stereocenters. The second-order valence-electron chi connectivity index (χ2n) is 6.73. The maximum Gasteiger partial charge on any atom is 0.0366 e. The second kappa shape index (κ2) is 7.84. The van der Waals surface area contributed by atoms with Gasteiger partial charge in [0.05, 0.1) is 0 Å². The predicted molar refractivity (Wildman–Crippen MR) is 92.9 cm³/mol. The third-order valence-corrected chi connectivity index (χ3v) is 5.31. The third kappa shape index (κ3) is 4.47. The van der Waals surface area contributed by atoms with Gasteiger partial charge in [0.15, 0.2) is 0 Å². The third-order valence-electron chi connectivity index (χ3n) is 5.31. The summed E-state index contributed by atoms with van der Waals surface area (Å²) in [7, 11) is 2.25. The molecule has 118 valence electrons. The summed E-state index contributed by atoms with van der Waals surface area (Å²) in [5.74, 6) is 0.965. The van der Waals surface area contributed by atoms with Crippen molar-refractivity contribution in [1.82, 2.24) is 0 Å². The molecule has 0 saturated heterocycles. The van der Waals surface area contributed by atoms with Gasteiger partial charge in [0.25, 0.3) is 0 Å². The zero-order chi connectivity index (χ0) is 15.2. The molecule has 2 rings (SSSR count). The van der Waals surface area contributed by atoms with Crippen LogP contribution in [0.4, 0.5) is 5.69 Å². The topological polar surface area (TPSA) is 29.3 Å². The minimum absolute atomic E-state index is 0.290. The highest BCUT2D eigenvalue weighted by atomic mass is 15.1. The van der Waals surface area contributed by atoms with E-state index in [1.807, 2.05) is 0 Å². The van der Waals surface area contributed by atoms with Crippen LogP contribution in [0.1, 0.15) is 57.9 Å². The summed E-state index contributed by atoms with van der Waals surface area (Å²) >= 11 is 0. The van der Waals surface area contributed by atoms with Crippen molar-refractivity contribution >= 4 is 5.69 Å². The highest BCUT2D eigenvalue weighted by Gasteiger charge is 2.23. The van der Waals surface area contributed by atoms with E-state index in [1.165, 1.54) is 43.4 Å². The summed E-state index contributed by atoms with van der Waals surface area (Å²) in [6.45, 7) is 4.48. The summed E-state index contributed by atoms with van der Waals surface area (Å²) in [5, 5.41) is 0. The maximum absolute atomic E-state index is 6.04. The lowest BCUT2D eigenvalue weighted by molar-refractivity contribution is 0.313. The minimum Gasteiger partial charge on any atom is -0.372 e. The predicted octanol–water partition coefficient (Wildman–Crippen LogP) is 4.37. The second-order valence-corrected chi connectivity index (χ2v) is 6.73. The Morgan fingerprint density at radius 1 is 1.10 bits per heavy atom. The molecule has 1 aliphatic rings. The van der Waals surface area contributed by atoms with Crippen molar-refractivity contribution in [3.8, 4) is 0 Å². The van der Waals surface area contributed by atoms with Crippen LogP contribution in [0.5, 0.6) is 0 Å². The number of hydrogen-bond donors (Lipinski definition) is 1. The molecular weight excluding hydrogens is 256 g/mol. The van der Waals surface area contributed by atoms with Crippen molar-refractivity contribution < 1.29 is 0 Å². The molecule has 1 aromatic rings. The van der Waals surface area contributed by atoms with Crippen LogP contribution in [0.15, 0.2) is 24.3 Å². The summed E-state index contributed by atoms with van der Waals surface area (Å²) in [4.78, 5) is 2.48. The summed E-state index contributed by atoms with van der Waals surface area (Å²) in [6, 6.07) is 10.0. The molecule has 0 bridgehead atoms. The van der Waals surface area contributed by atoms with Crippen molar-refractivity contribution in [3.63, 3.8) is 0 Å². The van der Waals surface area contributed by atoms with Crippen LogP contribution in [0.3, 0.4) is 0 Å². The first-order chi connectivity index (χ1) is 10.1. The molecule has 2 N–H and O–H groups in total. The van der Waals surface area contributed by atoms with Gasteiger partial charge in [-0.15, -0.1) is 0 Å². The van der Waals surface area contributed by atoms with E-state index in [1.54, 1.807) is 0 Å². The molecule has 1 aromatic carbocycles. The van der Waals surface area contributed by atoms with Gasteiger partial charge in [0.1, 0.15) is 0 Å². The van der Waals surface area contributed by atoms with E-state index in [4.69, 9.17) is 5.73 Å². The van der Waals surface area contributed by atoms with E-state index < -0.39 is 0 Å². The fourth-order valence-electron chi connectivity index (χ4n) is 3.47. The van der Waals surface area contributed by atoms with Gasteiger partial charge in [-0.25, -0.2) is 0 Å². The molecule has 2 nitrogen and oxygen atoms in total. The van der Waals surface area contributed by atoms with Crippen LogP contribution < -0.4 is 10.6 Å². The molecule has 21 heavy (non-hydrogen) atoms. The molecule has 0 aliphatic heterocycles. The van der Waals surface area contributed by atoms with Gasteiger partial charge in [-0.1, -0.05) is 32.4 Å². The average molecular weight is 288 g/mol. The normalized spacial score (nSPS) is 23.8. The molecule has 1 atom stereocenters. The fourth-order valence-corrected chi connectivity index (χ4v) is 3.47. The highest BCUT2D eigenvalue weighted by Crippen LogP contribution is 2.31. The molecule has 0 aromatic heterocycles. The van der Waals surface area contributed by atoms with E-state index in [0.717, 1.165) is 24.8 Å². The lowest BCUT2D eigenvalue weighted by atomic mass is 9.84. The highest BCUT2D eigenvalue weighted by molar-refractivity contribution is 5.48. The lowest BCUT2D eigenvalue weighted by Crippen LogP contribution is -2.35. The summed E-state index contributed by atoms with van der Waals surface area (Å²) in [5.41, 5.74) is 8.74. The minimum atomic E-state index is 0.290. The van der Waals surface area contributed by atoms with Gasteiger partial charge in [-0.05, 0) is 62.1 Å². The largest absolute Gasteiger partial charge is 0.372 e. The van der Waals surface area contributed by atoms with Crippen LogP contribution >= 0.6 is 0 Å². The number of nitrogens with two attached hydrogens (primary N) is 1. The van der Waals surface area contributed by atoms with Gasteiger partial charge in [0.2, 0.25) is 0 Å². The van der Waals surface area contributed by atoms with Gasteiger partial charge in [0, 0.05) is 24.8 Å². The zero-order valence-corrected chi connectivity index (χ0v) is 14.0. The molecule has 1 aliphatic carbocycles. The first-order valence-corrected chi connectivity index (χ1v) is 8.71. The van der Waals surface area contributed by atoms with E-state index in [2.05, 4.69) is 50.1 Å². The Kier molecular flexibility index (Phi) is 6.10. The molecule has 0 amide bonds. The van der Waals surface area contributed by atoms with E-state index in [9.17, 15) is 0 Å². The van der Waals surface area contributed by atoms with Gasteiger partial charge in [-0.2, -0.15) is 0 Å². The number of nitrogens with zero attached hydrogens (tertiary/aromatic N) is 1. The first-order valence-electron chi connectivity index (χ1n) is 8.71. The molecular formula is C19H32N2. The van der Waals surface area contributed by atoms with Crippen LogP contribution in [0, 0.1) is 5.92 Å². The first kappa shape index (κ1) is 16.4. The number of rotatable bonds is 6. The standard InChI is InChI=1S/C19H32N2/c1-4-15-6-10-18(11-7-15)21(3)19-12-8-16(9-13-19)14-17(20)5-2/h8-9,12-13,15,17-18H,4-7,10-11,14,20H2,1-3H3. The number of hydrogen-bond acceptors (Lipinski definition) is 2. The Morgan fingerprint density at radius 3 is 2.24 bits per heavy atom. The van der Waals surface area contributed by atoms with E-state index in [0.29, 0.717) is 0 Å². The van der Waals surface area contributed by atoms with Crippen molar-refractivity contribution in [2.75, 3.05) is 11.9 Å². The van der Waals surface area contributed by atoms with E-state index >= 15 is 0 Å². The van der Waals surface area contributed by atoms with Gasteiger partial charge < -0.3 is 10.6 Å². The van der Waals surface area contributed by atoms with Crippen LogP contribution in [0.25, 0.3) is 0 Å². The molecule has 2 heteroatoms. The van der Waals surface area contributed by atoms with Crippen LogP contribution in [-0.2, 0) is 6.42 Å². The van der Waals surface area contributed by atoms with Crippen LogP contribution in [-0.4, -0.2) is 19.1 Å². The van der Waals surface area contributed by atoms with Crippen molar-refractivity contribution in [3.05, 3.63) is 29.8 Å². The Morgan fingerprint density at radius 2 is 1.71 bits per heavy atom. The molecule has 1 fully saturated rings. The van der Waals surface area contributed by atoms with Gasteiger partial charge in [-0.3, -0.25) is 0 Å². The molecule has 0 spiro atoms.